The summed E-state index contributed by atoms with van der Waals surface area (Å²) in [5, 5.41) is 0. The topological polar surface area (TPSA) is 19.4 Å². The second-order valence-corrected chi connectivity index (χ2v) is 7.21. The van der Waals surface area contributed by atoms with Crippen LogP contribution in [0.3, 0.4) is 0 Å². The van der Waals surface area contributed by atoms with Crippen molar-refractivity contribution in [1.82, 2.24) is 14.8 Å². The van der Waals surface area contributed by atoms with Gasteiger partial charge in [0.1, 0.15) is 5.82 Å². The van der Waals surface area contributed by atoms with Crippen molar-refractivity contribution in [2.24, 2.45) is 0 Å². The molecule has 1 aliphatic heterocycles. The average molecular weight is 357 g/mol. The molecule has 0 unspecified atom stereocenters. The summed E-state index contributed by atoms with van der Waals surface area (Å²) >= 11 is 5.65. The fraction of sp³-hybridized carbons (Fsp3) is 0.400. The van der Waals surface area contributed by atoms with Gasteiger partial charge in [0.2, 0.25) is 0 Å². The molecule has 1 fully saturated rings. The maximum absolute atomic E-state index is 13.3. The van der Waals surface area contributed by atoms with Crippen molar-refractivity contribution in [1.29, 1.82) is 0 Å². The Morgan fingerprint density at radius 3 is 2.56 bits per heavy atom. The molecule has 25 heavy (non-hydrogen) atoms. The summed E-state index contributed by atoms with van der Waals surface area (Å²) in [7, 11) is 0. The molecule has 0 atom stereocenters. The molecule has 2 aromatic rings. The number of aromatic nitrogens is 1. The Labute approximate surface area is 154 Å². The normalized spacial score (nSPS) is 15.4. The van der Waals surface area contributed by atoms with Gasteiger partial charge in [0.15, 0.2) is 0 Å². The first kappa shape index (κ1) is 18.0. The first-order valence-corrected chi connectivity index (χ1v) is 9.09. The Hall–Kier alpha value is -1.85. The largest absolute Gasteiger partial charge is 0.363 e. The zero-order chi connectivity index (χ0) is 17.8. The minimum atomic E-state index is -0.168. The summed E-state index contributed by atoms with van der Waals surface area (Å²) in [6.45, 7) is 8.61. The third kappa shape index (κ3) is 5.06. The van der Waals surface area contributed by atoms with Gasteiger partial charge >= 0.3 is 0 Å². The summed E-state index contributed by atoms with van der Waals surface area (Å²) in [6.07, 6.45) is 0.724. The highest BCUT2D eigenvalue weighted by Gasteiger charge is 2.19. The van der Waals surface area contributed by atoms with E-state index in [9.17, 15) is 4.39 Å². The monoisotopic (exact) mass is 357 g/mol. The van der Waals surface area contributed by atoms with Gasteiger partial charge in [-0.15, -0.1) is 0 Å². The van der Waals surface area contributed by atoms with E-state index in [1.807, 2.05) is 13.0 Å². The van der Waals surface area contributed by atoms with E-state index in [4.69, 9.17) is 12.2 Å². The van der Waals surface area contributed by atoms with Crippen molar-refractivity contribution in [2.75, 3.05) is 26.2 Å². The van der Waals surface area contributed by atoms with Crippen LogP contribution in [-0.4, -0.2) is 46.0 Å². The minimum absolute atomic E-state index is 0.168. The molecule has 0 N–H and O–H groups in total. The number of pyridine rings is 1. The lowest BCUT2D eigenvalue weighted by Gasteiger charge is -2.36. The summed E-state index contributed by atoms with van der Waals surface area (Å²) in [4.78, 5) is 10.2. The lowest BCUT2D eigenvalue weighted by atomic mass is 10.1. The molecule has 1 aromatic carbocycles. The number of benzene rings is 1. The Morgan fingerprint density at radius 2 is 1.88 bits per heavy atom. The van der Waals surface area contributed by atoms with E-state index in [1.54, 1.807) is 12.1 Å². The van der Waals surface area contributed by atoms with E-state index >= 15 is 0 Å². The Kier molecular flexibility index (Phi) is 5.76. The molecule has 0 saturated carbocycles. The van der Waals surface area contributed by atoms with Crippen LogP contribution in [-0.2, 0) is 13.0 Å². The van der Waals surface area contributed by atoms with Crippen molar-refractivity contribution in [3.8, 4) is 0 Å². The summed E-state index contributed by atoms with van der Waals surface area (Å²) in [5.41, 5.74) is 4.34. The van der Waals surface area contributed by atoms with Crippen molar-refractivity contribution >= 4 is 17.2 Å². The lowest BCUT2D eigenvalue weighted by Crippen LogP contribution is -2.48. The van der Waals surface area contributed by atoms with Crippen LogP contribution in [0.1, 0.15) is 22.5 Å². The number of hydrogen-bond donors (Lipinski definition) is 0. The van der Waals surface area contributed by atoms with Gasteiger partial charge in [-0.1, -0.05) is 24.4 Å². The molecular weight excluding hydrogens is 333 g/mol. The molecule has 0 amide bonds. The summed E-state index contributed by atoms with van der Waals surface area (Å²) in [6, 6.07) is 11.0. The number of halogens is 1. The second kappa shape index (κ2) is 8.02. The third-order valence-corrected chi connectivity index (χ3v) is 4.91. The molecule has 0 radical (unpaired) electrons. The molecule has 3 rings (SSSR count). The number of hydrogen-bond acceptors (Lipinski definition) is 3. The first-order chi connectivity index (χ1) is 12.0. The Morgan fingerprint density at radius 1 is 1.12 bits per heavy atom. The van der Waals surface area contributed by atoms with Crippen LogP contribution in [0.2, 0.25) is 0 Å². The van der Waals surface area contributed by atoms with E-state index in [2.05, 4.69) is 33.8 Å². The second-order valence-electron chi connectivity index (χ2n) is 6.74. The van der Waals surface area contributed by atoms with Gasteiger partial charge in [-0.25, -0.2) is 4.39 Å². The third-order valence-electron chi connectivity index (χ3n) is 4.50. The molecule has 1 aliphatic rings. The Balaban J connectivity index is 1.52. The minimum Gasteiger partial charge on any atom is -0.363 e. The number of rotatable bonds is 4. The fourth-order valence-corrected chi connectivity index (χ4v) is 3.66. The number of nitrogens with zero attached hydrogens (tertiary/aromatic N) is 3. The van der Waals surface area contributed by atoms with Crippen LogP contribution in [0.5, 0.6) is 0 Å². The molecule has 2 heterocycles. The van der Waals surface area contributed by atoms with Crippen molar-refractivity contribution < 1.29 is 4.39 Å². The standard InChI is InChI=1S/C20H24FN3S/c1-15-10-16(2)22-19(11-15)13-20(25)24-8-6-23(7-9-24)14-17-4-3-5-18(21)12-17/h3-5,10-12H,6-9,13-14H2,1-2H3. The molecule has 3 nitrogen and oxygen atoms in total. The van der Waals surface area contributed by atoms with Crippen LogP contribution in [0.4, 0.5) is 4.39 Å². The maximum atomic E-state index is 13.3. The zero-order valence-electron chi connectivity index (χ0n) is 14.8. The van der Waals surface area contributed by atoms with Crippen molar-refractivity contribution in [3.05, 3.63) is 64.7 Å². The van der Waals surface area contributed by atoms with E-state index in [-0.39, 0.29) is 5.82 Å². The number of thiocarbonyl (C=S) groups is 1. The van der Waals surface area contributed by atoms with E-state index in [0.29, 0.717) is 0 Å². The van der Waals surface area contributed by atoms with Gasteiger partial charge in [0, 0.05) is 50.5 Å². The Bertz CT molecular complexity index is 734. The van der Waals surface area contributed by atoms with E-state index in [1.165, 1.54) is 11.6 Å². The molecule has 132 valence electrons. The van der Waals surface area contributed by atoms with Crippen LogP contribution in [0.25, 0.3) is 0 Å². The van der Waals surface area contributed by atoms with Crippen molar-refractivity contribution in [2.45, 2.75) is 26.8 Å². The lowest BCUT2D eigenvalue weighted by molar-refractivity contribution is 0.176. The molecule has 1 saturated heterocycles. The van der Waals surface area contributed by atoms with Crippen LogP contribution in [0, 0.1) is 19.7 Å². The molecule has 0 bridgehead atoms. The quantitative estimate of drug-likeness (QED) is 0.780. The molecule has 0 spiro atoms. The molecule has 5 heteroatoms. The molecule has 0 aliphatic carbocycles. The van der Waals surface area contributed by atoms with Gasteiger partial charge in [-0.3, -0.25) is 9.88 Å². The van der Waals surface area contributed by atoms with Gasteiger partial charge in [-0.2, -0.15) is 0 Å². The van der Waals surface area contributed by atoms with Gasteiger partial charge < -0.3 is 4.90 Å². The van der Waals surface area contributed by atoms with Crippen LogP contribution in [0.15, 0.2) is 36.4 Å². The summed E-state index contributed by atoms with van der Waals surface area (Å²) in [5.74, 6) is -0.168. The van der Waals surface area contributed by atoms with Crippen LogP contribution < -0.4 is 0 Å². The van der Waals surface area contributed by atoms with Gasteiger partial charge in [0.05, 0.1) is 4.99 Å². The average Bonchev–Trinajstić information content (AvgIpc) is 2.54. The van der Waals surface area contributed by atoms with Crippen LogP contribution >= 0.6 is 12.2 Å². The summed E-state index contributed by atoms with van der Waals surface area (Å²) < 4.78 is 13.3. The predicted octanol–water partition coefficient (Wildman–Crippen LogP) is 3.53. The molecular formula is C20H24FN3S. The highest BCUT2D eigenvalue weighted by molar-refractivity contribution is 7.80. The van der Waals surface area contributed by atoms with Gasteiger partial charge in [-0.05, 0) is 49.2 Å². The molecule has 1 aromatic heterocycles. The zero-order valence-corrected chi connectivity index (χ0v) is 15.7. The van der Waals surface area contributed by atoms with E-state index < -0.39 is 0 Å². The van der Waals surface area contributed by atoms with Crippen molar-refractivity contribution in [3.63, 3.8) is 0 Å². The number of aryl methyl sites for hydroxylation is 2. The SMILES string of the molecule is Cc1cc(C)nc(CC(=S)N2CCN(Cc3cccc(F)c3)CC2)c1. The smallest absolute Gasteiger partial charge is 0.123 e. The fourth-order valence-electron chi connectivity index (χ4n) is 3.33. The highest BCUT2D eigenvalue weighted by atomic mass is 32.1. The first-order valence-electron chi connectivity index (χ1n) is 8.68. The highest BCUT2D eigenvalue weighted by Crippen LogP contribution is 2.13. The number of piperazine rings is 1. The predicted molar refractivity (Wildman–Crippen MR) is 103 cm³/mol. The van der Waals surface area contributed by atoms with E-state index in [0.717, 1.165) is 61.1 Å². The van der Waals surface area contributed by atoms with Gasteiger partial charge in [0.25, 0.3) is 0 Å². The maximum Gasteiger partial charge on any atom is 0.123 e.